The van der Waals surface area contributed by atoms with E-state index in [2.05, 4.69) is 11.9 Å². The van der Waals surface area contributed by atoms with Gasteiger partial charge in [-0.3, -0.25) is 4.79 Å². The molecule has 0 saturated heterocycles. The molecule has 0 spiro atoms. The largest absolute Gasteiger partial charge is 0.478 e. The highest BCUT2D eigenvalue weighted by atomic mass is 16.4. The maximum atomic E-state index is 12.0. The molecule has 0 unspecified atom stereocenters. The molecule has 1 aliphatic rings. The van der Waals surface area contributed by atoms with Gasteiger partial charge in [0.1, 0.15) is 0 Å². The van der Waals surface area contributed by atoms with Gasteiger partial charge in [0, 0.05) is 19.6 Å². The van der Waals surface area contributed by atoms with E-state index in [0.717, 1.165) is 17.5 Å². The van der Waals surface area contributed by atoms with Crippen LogP contribution in [0, 0.1) is 0 Å². The number of carbonyl (C=O) groups excluding carboxylic acids is 1. The van der Waals surface area contributed by atoms with Gasteiger partial charge in [-0.1, -0.05) is 12.1 Å². The second-order valence-electron chi connectivity index (χ2n) is 4.77. The lowest BCUT2D eigenvalue weighted by molar-refractivity contribution is -0.131. The molecule has 0 radical (unpaired) electrons. The Morgan fingerprint density at radius 3 is 2.90 bits per heavy atom. The number of benzene rings is 1. The van der Waals surface area contributed by atoms with Gasteiger partial charge in [-0.15, -0.1) is 6.58 Å². The normalized spacial score (nSPS) is 13.7. The van der Waals surface area contributed by atoms with E-state index in [1.807, 2.05) is 6.07 Å². The van der Waals surface area contributed by atoms with E-state index in [1.165, 1.54) is 0 Å². The summed E-state index contributed by atoms with van der Waals surface area (Å²) in [6, 6.07) is 5.12. The molecule has 5 heteroatoms. The summed E-state index contributed by atoms with van der Waals surface area (Å²) >= 11 is 0. The number of hydrogen-bond acceptors (Lipinski definition) is 3. The smallest absolute Gasteiger partial charge is 0.335 e. The summed E-state index contributed by atoms with van der Waals surface area (Å²) in [6.45, 7) is 5.61. The van der Waals surface area contributed by atoms with Crippen molar-refractivity contribution in [3.63, 3.8) is 0 Å². The lowest BCUT2D eigenvalue weighted by atomic mass is 9.97. The third-order valence-corrected chi connectivity index (χ3v) is 3.38. The fourth-order valence-electron chi connectivity index (χ4n) is 2.30. The van der Waals surface area contributed by atoms with Crippen molar-refractivity contribution >= 4 is 11.9 Å². The Kier molecular flexibility index (Phi) is 4.53. The minimum absolute atomic E-state index is 0.0261. The second kappa shape index (κ2) is 6.34. The van der Waals surface area contributed by atoms with Gasteiger partial charge >= 0.3 is 5.97 Å². The highest BCUT2D eigenvalue weighted by Gasteiger charge is 2.21. The first kappa shape index (κ1) is 14.3. The molecule has 20 heavy (non-hydrogen) atoms. The summed E-state index contributed by atoms with van der Waals surface area (Å²) in [7, 11) is 0. The fourth-order valence-corrected chi connectivity index (χ4v) is 2.30. The van der Waals surface area contributed by atoms with Crippen LogP contribution in [0.5, 0.6) is 0 Å². The third-order valence-electron chi connectivity index (χ3n) is 3.38. The molecule has 106 valence electrons. The Balaban J connectivity index is 2.05. The number of carboxylic acids is 1. The van der Waals surface area contributed by atoms with Crippen molar-refractivity contribution in [2.75, 3.05) is 19.6 Å². The molecule has 1 heterocycles. The molecule has 2 rings (SSSR count). The standard InChI is InChI=1S/C15H18N2O3/c1-2-6-16-9-14(18)17-7-5-11-3-4-12(15(19)20)8-13(11)10-17/h2-4,8,16H,1,5-7,9-10H2,(H,19,20). The number of nitrogens with one attached hydrogen (secondary N) is 1. The van der Waals surface area contributed by atoms with Crippen molar-refractivity contribution in [1.29, 1.82) is 0 Å². The maximum absolute atomic E-state index is 12.0. The quantitative estimate of drug-likeness (QED) is 0.622. The average molecular weight is 274 g/mol. The number of carboxylic acid groups (broad SMARTS) is 1. The monoisotopic (exact) mass is 274 g/mol. The van der Waals surface area contributed by atoms with E-state index in [0.29, 0.717) is 19.6 Å². The summed E-state index contributed by atoms with van der Waals surface area (Å²) in [5, 5.41) is 12.0. The van der Waals surface area contributed by atoms with Gasteiger partial charge < -0.3 is 15.3 Å². The Bertz CT molecular complexity index is 540. The number of rotatable bonds is 5. The third kappa shape index (κ3) is 3.24. The first-order valence-corrected chi connectivity index (χ1v) is 6.56. The summed E-state index contributed by atoms with van der Waals surface area (Å²) in [4.78, 5) is 24.7. The number of fused-ring (bicyclic) bond motifs is 1. The molecule has 0 atom stereocenters. The van der Waals surface area contributed by atoms with E-state index in [4.69, 9.17) is 5.11 Å². The molecule has 1 amide bonds. The Morgan fingerprint density at radius 2 is 2.20 bits per heavy atom. The Morgan fingerprint density at radius 1 is 1.40 bits per heavy atom. The zero-order chi connectivity index (χ0) is 14.5. The molecule has 1 aromatic rings. The highest BCUT2D eigenvalue weighted by Crippen LogP contribution is 2.20. The van der Waals surface area contributed by atoms with Crippen molar-refractivity contribution in [3.05, 3.63) is 47.5 Å². The topological polar surface area (TPSA) is 69.6 Å². The van der Waals surface area contributed by atoms with Gasteiger partial charge in [-0.05, 0) is 29.7 Å². The molecule has 0 saturated carbocycles. The van der Waals surface area contributed by atoms with Crippen LogP contribution in [-0.4, -0.2) is 41.5 Å². The van der Waals surface area contributed by atoms with Gasteiger partial charge in [-0.2, -0.15) is 0 Å². The minimum atomic E-state index is -0.941. The summed E-state index contributed by atoms with van der Waals surface area (Å²) in [6.07, 6.45) is 2.47. The van der Waals surface area contributed by atoms with Crippen molar-refractivity contribution < 1.29 is 14.7 Å². The Labute approximate surface area is 117 Å². The maximum Gasteiger partial charge on any atom is 0.335 e. The Hall–Kier alpha value is -2.14. The summed E-state index contributed by atoms with van der Waals surface area (Å²) in [5.41, 5.74) is 2.31. The van der Waals surface area contributed by atoms with Gasteiger partial charge in [0.2, 0.25) is 5.91 Å². The van der Waals surface area contributed by atoms with Gasteiger partial charge in [0.05, 0.1) is 12.1 Å². The summed E-state index contributed by atoms with van der Waals surface area (Å²) in [5.74, 6) is -0.915. The molecular weight excluding hydrogens is 256 g/mol. The van der Waals surface area contributed by atoms with Crippen LogP contribution in [0.4, 0.5) is 0 Å². The van der Waals surface area contributed by atoms with Gasteiger partial charge in [0.15, 0.2) is 0 Å². The van der Waals surface area contributed by atoms with Crippen molar-refractivity contribution in [3.8, 4) is 0 Å². The van der Waals surface area contributed by atoms with Crippen LogP contribution in [0.3, 0.4) is 0 Å². The summed E-state index contributed by atoms with van der Waals surface area (Å²) < 4.78 is 0. The molecule has 1 aromatic carbocycles. The molecule has 2 N–H and O–H groups in total. The van der Waals surface area contributed by atoms with Gasteiger partial charge in [0.25, 0.3) is 0 Å². The predicted molar refractivity (Wildman–Crippen MR) is 75.6 cm³/mol. The molecule has 5 nitrogen and oxygen atoms in total. The number of amides is 1. The number of nitrogens with zero attached hydrogens (tertiary/aromatic N) is 1. The molecule has 1 aliphatic heterocycles. The van der Waals surface area contributed by atoms with Crippen LogP contribution < -0.4 is 5.32 Å². The number of aromatic carboxylic acids is 1. The number of hydrogen-bond donors (Lipinski definition) is 2. The molecule has 0 aliphatic carbocycles. The zero-order valence-corrected chi connectivity index (χ0v) is 11.3. The highest BCUT2D eigenvalue weighted by molar-refractivity contribution is 5.88. The van der Waals surface area contributed by atoms with Crippen LogP contribution in [0.15, 0.2) is 30.9 Å². The lowest BCUT2D eigenvalue weighted by Crippen LogP contribution is -2.41. The van der Waals surface area contributed by atoms with E-state index >= 15 is 0 Å². The van der Waals surface area contributed by atoms with Crippen LogP contribution in [0.25, 0.3) is 0 Å². The lowest BCUT2D eigenvalue weighted by Gasteiger charge is -2.29. The molecule has 0 aromatic heterocycles. The molecule has 0 bridgehead atoms. The van der Waals surface area contributed by atoms with Crippen LogP contribution in [-0.2, 0) is 17.8 Å². The molecule has 0 fully saturated rings. The first-order valence-electron chi connectivity index (χ1n) is 6.56. The van der Waals surface area contributed by atoms with Crippen LogP contribution >= 0.6 is 0 Å². The molecular formula is C15H18N2O3. The van der Waals surface area contributed by atoms with Crippen molar-refractivity contribution in [2.24, 2.45) is 0 Å². The number of carbonyl (C=O) groups is 2. The second-order valence-corrected chi connectivity index (χ2v) is 4.77. The van der Waals surface area contributed by atoms with E-state index in [1.54, 1.807) is 23.1 Å². The predicted octanol–water partition coefficient (Wildman–Crippen LogP) is 1.05. The van der Waals surface area contributed by atoms with Crippen molar-refractivity contribution in [1.82, 2.24) is 10.2 Å². The zero-order valence-electron chi connectivity index (χ0n) is 11.3. The fraction of sp³-hybridized carbons (Fsp3) is 0.333. The van der Waals surface area contributed by atoms with Crippen LogP contribution in [0.2, 0.25) is 0 Å². The first-order chi connectivity index (χ1) is 9.61. The minimum Gasteiger partial charge on any atom is -0.478 e. The van der Waals surface area contributed by atoms with Crippen LogP contribution in [0.1, 0.15) is 21.5 Å². The van der Waals surface area contributed by atoms with Gasteiger partial charge in [-0.25, -0.2) is 4.79 Å². The average Bonchev–Trinajstić information content (AvgIpc) is 2.46. The van der Waals surface area contributed by atoms with E-state index in [-0.39, 0.29) is 18.0 Å². The van der Waals surface area contributed by atoms with Crippen molar-refractivity contribution in [2.45, 2.75) is 13.0 Å². The SMILES string of the molecule is C=CCNCC(=O)N1CCc2ccc(C(=O)O)cc2C1. The van der Waals surface area contributed by atoms with E-state index < -0.39 is 5.97 Å². The van der Waals surface area contributed by atoms with E-state index in [9.17, 15) is 9.59 Å².